The highest BCUT2D eigenvalue weighted by atomic mass is 35.5. The molecule has 0 spiro atoms. The van der Waals surface area contributed by atoms with Crippen LogP contribution in [0, 0.1) is 0 Å². The van der Waals surface area contributed by atoms with Gasteiger partial charge in [0.05, 0.1) is 6.61 Å². The van der Waals surface area contributed by atoms with Crippen LogP contribution in [-0.4, -0.2) is 23.2 Å². The molecule has 2 aromatic heterocycles. The highest BCUT2D eigenvalue weighted by molar-refractivity contribution is 7.16. The highest BCUT2D eigenvalue weighted by Crippen LogP contribution is 2.29. The molecule has 84 valence electrons. The van der Waals surface area contributed by atoms with Gasteiger partial charge in [0.2, 0.25) is 0 Å². The average Bonchev–Trinajstić information content (AvgIpc) is 2.79. The van der Waals surface area contributed by atoms with E-state index in [0.29, 0.717) is 17.7 Å². The summed E-state index contributed by atoms with van der Waals surface area (Å²) in [6, 6.07) is 1.96. The summed E-state index contributed by atoms with van der Waals surface area (Å²) in [4.78, 5) is 9.91. The van der Waals surface area contributed by atoms with Gasteiger partial charge in [0.15, 0.2) is 0 Å². The van der Waals surface area contributed by atoms with E-state index >= 15 is 0 Å². The third-order valence-corrected chi connectivity index (χ3v) is 3.92. The Morgan fingerprint density at radius 1 is 1.44 bits per heavy atom. The summed E-state index contributed by atoms with van der Waals surface area (Å²) in [6.07, 6.45) is 2.17. The maximum atomic E-state index is 6.14. The quantitative estimate of drug-likeness (QED) is 0.733. The fourth-order valence-corrected chi connectivity index (χ4v) is 3.03. The topological polar surface area (TPSA) is 35.0 Å². The van der Waals surface area contributed by atoms with Gasteiger partial charge in [0.25, 0.3) is 0 Å². The molecule has 0 radical (unpaired) electrons. The molecule has 3 heterocycles. The Bertz CT molecular complexity index is 508. The molecule has 1 saturated heterocycles. The lowest BCUT2D eigenvalue weighted by atomic mass is 10.0. The molecule has 3 nitrogen and oxygen atoms in total. The van der Waals surface area contributed by atoms with Gasteiger partial charge in [-0.2, -0.15) is 0 Å². The van der Waals surface area contributed by atoms with E-state index in [2.05, 4.69) is 9.97 Å². The van der Waals surface area contributed by atoms with Crippen LogP contribution in [0.25, 0.3) is 10.2 Å². The second-order valence-electron chi connectivity index (χ2n) is 3.93. The van der Waals surface area contributed by atoms with Gasteiger partial charge in [-0.25, -0.2) is 9.97 Å². The number of rotatable bonds is 1. The summed E-state index contributed by atoms with van der Waals surface area (Å²) in [5, 5.41) is 3.51. The Kier molecular flexibility index (Phi) is 2.79. The second kappa shape index (κ2) is 4.28. The molecule has 3 rings (SSSR count). The zero-order valence-corrected chi connectivity index (χ0v) is 10.2. The van der Waals surface area contributed by atoms with Crippen LogP contribution < -0.4 is 0 Å². The summed E-state index contributed by atoms with van der Waals surface area (Å²) in [5.74, 6) is 1.14. The van der Waals surface area contributed by atoms with E-state index in [1.54, 1.807) is 11.3 Å². The highest BCUT2D eigenvalue weighted by Gasteiger charge is 2.20. The van der Waals surface area contributed by atoms with Gasteiger partial charge >= 0.3 is 0 Å². The van der Waals surface area contributed by atoms with E-state index in [-0.39, 0.29) is 0 Å². The smallest absolute Gasteiger partial charge is 0.141 e. The maximum absolute atomic E-state index is 6.14. The fourth-order valence-electron chi connectivity index (χ4n) is 1.96. The zero-order valence-electron chi connectivity index (χ0n) is 8.65. The summed E-state index contributed by atoms with van der Waals surface area (Å²) in [5.41, 5.74) is 0. The minimum absolute atomic E-state index is 0.303. The third kappa shape index (κ3) is 1.81. The number of aromatic nitrogens is 2. The Labute approximate surface area is 102 Å². The molecule has 0 saturated carbocycles. The van der Waals surface area contributed by atoms with Crippen LogP contribution in [-0.2, 0) is 4.74 Å². The van der Waals surface area contributed by atoms with Crippen LogP contribution in [0.2, 0.25) is 5.15 Å². The average molecular weight is 255 g/mol. The Hall–Kier alpha value is -0.710. The van der Waals surface area contributed by atoms with Crippen molar-refractivity contribution in [2.24, 2.45) is 0 Å². The fraction of sp³-hybridized carbons (Fsp3) is 0.455. The van der Waals surface area contributed by atoms with Gasteiger partial charge in [-0.3, -0.25) is 0 Å². The van der Waals surface area contributed by atoms with Gasteiger partial charge in [0.1, 0.15) is 15.8 Å². The Balaban J connectivity index is 2.02. The number of thiophene rings is 1. The summed E-state index contributed by atoms with van der Waals surface area (Å²) in [6.45, 7) is 1.57. The molecule has 5 heteroatoms. The molecule has 0 bridgehead atoms. The molecule has 1 aliphatic heterocycles. The maximum Gasteiger partial charge on any atom is 0.141 e. The minimum Gasteiger partial charge on any atom is -0.381 e. The summed E-state index contributed by atoms with van der Waals surface area (Å²) < 4.78 is 5.45. The number of halogens is 1. The van der Waals surface area contributed by atoms with Gasteiger partial charge < -0.3 is 4.74 Å². The first-order valence-electron chi connectivity index (χ1n) is 5.33. The molecule has 2 aromatic rings. The summed E-state index contributed by atoms with van der Waals surface area (Å²) >= 11 is 7.74. The van der Waals surface area contributed by atoms with Crippen molar-refractivity contribution in [3.05, 3.63) is 22.4 Å². The molecule has 1 aliphatic rings. The Morgan fingerprint density at radius 2 is 2.38 bits per heavy atom. The molecule has 16 heavy (non-hydrogen) atoms. The van der Waals surface area contributed by atoms with Gasteiger partial charge in [0, 0.05) is 17.9 Å². The molecule has 1 unspecified atom stereocenters. The molecule has 1 fully saturated rings. The SMILES string of the molecule is Clc1nc(C2CCCOC2)nc2sccc12. The zero-order chi connectivity index (χ0) is 11.0. The van der Waals surface area contributed by atoms with Gasteiger partial charge in [-0.15, -0.1) is 11.3 Å². The van der Waals surface area contributed by atoms with Crippen molar-refractivity contribution in [3.63, 3.8) is 0 Å². The van der Waals surface area contributed by atoms with E-state index < -0.39 is 0 Å². The van der Waals surface area contributed by atoms with Gasteiger partial charge in [-0.05, 0) is 24.3 Å². The van der Waals surface area contributed by atoms with Crippen LogP contribution >= 0.6 is 22.9 Å². The lowest BCUT2D eigenvalue weighted by Crippen LogP contribution is -2.17. The first-order chi connectivity index (χ1) is 7.84. The monoisotopic (exact) mass is 254 g/mol. The second-order valence-corrected chi connectivity index (χ2v) is 5.18. The molecule has 0 aromatic carbocycles. The van der Waals surface area contributed by atoms with Crippen molar-refractivity contribution in [3.8, 4) is 0 Å². The van der Waals surface area contributed by atoms with Crippen molar-refractivity contribution < 1.29 is 4.74 Å². The minimum atomic E-state index is 0.303. The Morgan fingerprint density at radius 3 is 3.19 bits per heavy atom. The number of nitrogens with zero attached hydrogens (tertiary/aromatic N) is 2. The van der Waals surface area contributed by atoms with Crippen molar-refractivity contribution in [2.45, 2.75) is 18.8 Å². The van der Waals surface area contributed by atoms with Crippen molar-refractivity contribution in [2.75, 3.05) is 13.2 Å². The van der Waals surface area contributed by atoms with E-state index in [1.807, 2.05) is 11.4 Å². The van der Waals surface area contributed by atoms with Gasteiger partial charge in [-0.1, -0.05) is 11.6 Å². The molecule has 0 N–H and O–H groups in total. The van der Waals surface area contributed by atoms with Crippen LogP contribution in [0.15, 0.2) is 11.4 Å². The lowest BCUT2D eigenvalue weighted by molar-refractivity contribution is 0.0782. The van der Waals surface area contributed by atoms with Crippen LogP contribution in [0.4, 0.5) is 0 Å². The predicted molar refractivity (Wildman–Crippen MR) is 65.2 cm³/mol. The summed E-state index contributed by atoms with van der Waals surface area (Å²) in [7, 11) is 0. The molecule has 0 aliphatic carbocycles. The molecule has 1 atom stereocenters. The van der Waals surface area contributed by atoms with E-state index in [9.17, 15) is 0 Å². The van der Waals surface area contributed by atoms with E-state index in [4.69, 9.17) is 16.3 Å². The number of hydrogen-bond donors (Lipinski definition) is 0. The number of fused-ring (bicyclic) bond motifs is 1. The molecular formula is C11H11ClN2OS. The normalized spacial score (nSPS) is 21.4. The predicted octanol–water partition coefficient (Wildman–Crippen LogP) is 3.24. The molecule has 0 amide bonds. The standard InChI is InChI=1S/C11H11ClN2OS/c12-9-8-3-5-16-11(8)14-10(13-9)7-2-1-4-15-6-7/h3,5,7H,1-2,4,6H2. The number of hydrogen-bond acceptors (Lipinski definition) is 4. The lowest BCUT2D eigenvalue weighted by Gasteiger charge is -2.20. The van der Waals surface area contributed by atoms with Crippen molar-refractivity contribution in [1.29, 1.82) is 0 Å². The van der Waals surface area contributed by atoms with Crippen LogP contribution in [0.3, 0.4) is 0 Å². The van der Waals surface area contributed by atoms with E-state index in [1.165, 1.54) is 0 Å². The van der Waals surface area contributed by atoms with Crippen molar-refractivity contribution in [1.82, 2.24) is 9.97 Å². The number of ether oxygens (including phenoxy) is 1. The molecular weight excluding hydrogens is 244 g/mol. The van der Waals surface area contributed by atoms with Crippen molar-refractivity contribution >= 4 is 33.2 Å². The first-order valence-corrected chi connectivity index (χ1v) is 6.59. The van der Waals surface area contributed by atoms with Crippen LogP contribution in [0.1, 0.15) is 24.6 Å². The van der Waals surface area contributed by atoms with E-state index in [0.717, 1.165) is 35.5 Å². The largest absolute Gasteiger partial charge is 0.381 e. The van der Waals surface area contributed by atoms with Crippen LogP contribution in [0.5, 0.6) is 0 Å². The first kappa shape index (κ1) is 10.4. The third-order valence-electron chi connectivity index (χ3n) is 2.82.